The maximum absolute atomic E-state index is 14.0. The predicted octanol–water partition coefficient (Wildman–Crippen LogP) is 4.64. The Balaban J connectivity index is 1.87. The van der Waals surface area contributed by atoms with Crippen LogP contribution in [0, 0.1) is 5.82 Å². The summed E-state index contributed by atoms with van der Waals surface area (Å²) in [5.74, 6) is 0.0902. The lowest BCUT2D eigenvalue weighted by Crippen LogP contribution is -2.48. The van der Waals surface area contributed by atoms with Crippen LogP contribution in [0.3, 0.4) is 0 Å². The first-order valence-electron chi connectivity index (χ1n) is 10.7. The number of benzene rings is 2. The van der Waals surface area contributed by atoms with E-state index in [0.717, 1.165) is 41.6 Å². The van der Waals surface area contributed by atoms with E-state index in [4.69, 9.17) is 10.5 Å². The van der Waals surface area contributed by atoms with E-state index in [2.05, 4.69) is 0 Å². The highest BCUT2D eigenvalue weighted by Crippen LogP contribution is 2.47. The number of carbonyl (C=O) groups is 1. The Morgan fingerprint density at radius 1 is 1.30 bits per heavy atom. The average molecular weight is 413 g/mol. The van der Waals surface area contributed by atoms with Gasteiger partial charge in [-0.1, -0.05) is 32.0 Å². The van der Waals surface area contributed by atoms with E-state index in [1.54, 1.807) is 11.0 Å². The molecule has 0 saturated heterocycles. The average Bonchev–Trinajstić information content (AvgIpc) is 2.73. The number of hydrogen-bond acceptors (Lipinski definition) is 3. The van der Waals surface area contributed by atoms with Gasteiger partial charge in [-0.15, -0.1) is 0 Å². The molecule has 2 amide bonds. The van der Waals surface area contributed by atoms with Crippen molar-refractivity contribution < 1.29 is 19.0 Å². The van der Waals surface area contributed by atoms with E-state index >= 15 is 0 Å². The van der Waals surface area contributed by atoms with Gasteiger partial charge >= 0.3 is 6.03 Å². The number of aryl methyl sites for hydroxylation is 1. The quantitative estimate of drug-likeness (QED) is 0.768. The number of fused-ring (bicyclic) bond motifs is 2. The van der Waals surface area contributed by atoms with E-state index < -0.39 is 17.7 Å². The molecule has 1 aliphatic carbocycles. The van der Waals surface area contributed by atoms with Gasteiger partial charge in [-0.25, -0.2) is 9.18 Å². The predicted molar refractivity (Wildman–Crippen MR) is 114 cm³/mol. The van der Waals surface area contributed by atoms with E-state index in [9.17, 15) is 14.3 Å². The van der Waals surface area contributed by atoms with Gasteiger partial charge in [0, 0.05) is 30.2 Å². The van der Waals surface area contributed by atoms with Crippen LogP contribution in [0.5, 0.6) is 5.75 Å². The third-order valence-corrected chi connectivity index (χ3v) is 6.76. The number of nitrogens with zero attached hydrogens (tertiary/aromatic N) is 1. The van der Waals surface area contributed by atoms with Gasteiger partial charge in [-0.3, -0.25) is 4.90 Å². The molecule has 6 heteroatoms. The zero-order valence-corrected chi connectivity index (χ0v) is 17.5. The molecule has 0 unspecified atom stereocenters. The van der Waals surface area contributed by atoms with Crippen molar-refractivity contribution in [2.24, 2.45) is 5.73 Å². The van der Waals surface area contributed by atoms with Crippen LogP contribution in [-0.2, 0) is 12.8 Å². The highest BCUT2D eigenvalue weighted by atomic mass is 19.1. The van der Waals surface area contributed by atoms with Crippen molar-refractivity contribution in [3.63, 3.8) is 0 Å². The molecule has 0 spiro atoms. The van der Waals surface area contributed by atoms with E-state index in [-0.39, 0.29) is 11.9 Å². The van der Waals surface area contributed by atoms with Crippen molar-refractivity contribution in [1.82, 2.24) is 0 Å². The number of hydrogen-bond donors (Lipinski definition) is 2. The Labute approximate surface area is 176 Å². The number of anilines is 1. The minimum Gasteiger partial charge on any atom is -0.487 e. The molecule has 0 bridgehead atoms. The van der Waals surface area contributed by atoms with Gasteiger partial charge in [0.05, 0.1) is 12.1 Å². The summed E-state index contributed by atoms with van der Waals surface area (Å²) >= 11 is 0. The van der Waals surface area contributed by atoms with Crippen LogP contribution in [0.2, 0.25) is 0 Å². The molecule has 0 radical (unpaired) electrons. The second-order valence-electron chi connectivity index (χ2n) is 8.41. The number of primary amides is 1. The molecule has 5 nitrogen and oxygen atoms in total. The summed E-state index contributed by atoms with van der Waals surface area (Å²) in [5.41, 5.74) is 9.00. The molecule has 2 aliphatic rings. The molecule has 2 aromatic carbocycles. The zero-order chi connectivity index (χ0) is 21.5. The molecule has 0 saturated carbocycles. The van der Waals surface area contributed by atoms with Gasteiger partial charge in [0.25, 0.3) is 0 Å². The Hall–Kier alpha value is -2.60. The first-order chi connectivity index (χ1) is 14.4. The summed E-state index contributed by atoms with van der Waals surface area (Å²) < 4.78 is 20.3. The number of halogens is 1. The second kappa shape index (κ2) is 7.91. The van der Waals surface area contributed by atoms with E-state index in [1.165, 1.54) is 12.1 Å². The first-order valence-corrected chi connectivity index (χ1v) is 10.7. The van der Waals surface area contributed by atoms with Crippen LogP contribution in [0.1, 0.15) is 62.3 Å². The zero-order valence-electron chi connectivity index (χ0n) is 17.5. The number of rotatable bonds is 4. The van der Waals surface area contributed by atoms with Crippen LogP contribution in [0.4, 0.5) is 14.9 Å². The van der Waals surface area contributed by atoms with E-state index in [1.807, 2.05) is 32.0 Å². The van der Waals surface area contributed by atoms with Crippen LogP contribution >= 0.6 is 0 Å². The van der Waals surface area contributed by atoms with Crippen molar-refractivity contribution in [1.29, 1.82) is 0 Å². The molecule has 160 valence electrons. The minimum absolute atomic E-state index is 0.374. The lowest BCUT2D eigenvalue weighted by molar-refractivity contribution is 0.0276. The van der Waals surface area contributed by atoms with Gasteiger partial charge in [0.2, 0.25) is 0 Å². The molecule has 1 aliphatic heterocycles. The summed E-state index contributed by atoms with van der Waals surface area (Å²) in [7, 11) is 0. The second-order valence-corrected chi connectivity index (χ2v) is 8.41. The number of urea groups is 1. The van der Waals surface area contributed by atoms with Crippen LogP contribution in [0.15, 0.2) is 36.4 Å². The number of amides is 2. The molecule has 3 N–H and O–H groups in total. The lowest BCUT2D eigenvalue weighted by Gasteiger charge is -2.45. The number of aliphatic hydroxyl groups is 1. The summed E-state index contributed by atoms with van der Waals surface area (Å²) in [4.78, 5) is 14.4. The Morgan fingerprint density at radius 2 is 2.07 bits per heavy atom. The van der Waals surface area contributed by atoms with Crippen molar-refractivity contribution in [3.05, 3.63) is 58.9 Å². The Bertz CT molecular complexity index is 957. The van der Waals surface area contributed by atoms with Crippen LogP contribution in [-0.4, -0.2) is 22.8 Å². The fourth-order valence-electron chi connectivity index (χ4n) is 4.94. The molecule has 4 rings (SSSR count). The molecular formula is C24H29FN2O3. The molecule has 30 heavy (non-hydrogen) atoms. The van der Waals surface area contributed by atoms with Gasteiger partial charge in [-0.2, -0.15) is 0 Å². The summed E-state index contributed by atoms with van der Waals surface area (Å²) in [6.45, 7) is 4.08. The monoisotopic (exact) mass is 412 g/mol. The SMILES string of the molecule is CCC1(CC)C[C@@H](N(C(N)=O)c2cccc3c2C[C@@H](O)CC3)c2ccc(F)cc2O1. The number of nitrogens with two attached hydrogens (primary N) is 1. The minimum atomic E-state index is -0.563. The number of ether oxygens (including phenoxy) is 1. The fraction of sp³-hybridized carbons (Fsp3) is 0.458. The summed E-state index contributed by atoms with van der Waals surface area (Å²) in [6, 6.07) is 9.39. The Morgan fingerprint density at radius 3 is 2.77 bits per heavy atom. The van der Waals surface area contributed by atoms with Gasteiger partial charge in [0.15, 0.2) is 0 Å². The van der Waals surface area contributed by atoms with Crippen molar-refractivity contribution in [2.75, 3.05) is 4.90 Å². The van der Waals surface area contributed by atoms with Crippen molar-refractivity contribution >= 4 is 11.7 Å². The number of aliphatic hydroxyl groups excluding tert-OH is 1. The van der Waals surface area contributed by atoms with Gasteiger partial charge < -0.3 is 15.6 Å². The molecule has 0 aromatic heterocycles. The third kappa shape index (κ3) is 3.54. The molecule has 0 fully saturated rings. The summed E-state index contributed by atoms with van der Waals surface area (Å²) in [5, 5.41) is 10.3. The maximum atomic E-state index is 14.0. The highest BCUT2D eigenvalue weighted by Gasteiger charge is 2.43. The largest absolute Gasteiger partial charge is 0.487 e. The maximum Gasteiger partial charge on any atom is 0.319 e. The smallest absolute Gasteiger partial charge is 0.319 e. The highest BCUT2D eigenvalue weighted by molar-refractivity contribution is 5.93. The molecular weight excluding hydrogens is 383 g/mol. The van der Waals surface area contributed by atoms with Crippen molar-refractivity contribution in [3.8, 4) is 5.75 Å². The van der Waals surface area contributed by atoms with Crippen molar-refractivity contribution in [2.45, 2.75) is 70.1 Å². The standard InChI is InChI=1S/C24H29FN2O3/c1-3-24(4-2)14-21(18-11-9-16(25)12-22(18)30-24)27(23(26)29)20-7-5-6-15-8-10-17(28)13-19(15)20/h5-7,9,11-12,17,21,28H,3-4,8,10,13-14H2,1-2H3,(H2,26,29)/t17-,21+/m0/s1. The normalized spacial score (nSPS) is 21.9. The lowest BCUT2D eigenvalue weighted by atomic mass is 9.82. The van der Waals surface area contributed by atoms with E-state index in [0.29, 0.717) is 25.0 Å². The molecule has 2 aromatic rings. The number of carbonyl (C=O) groups excluding carboxylic acids is 1. The Kier molecular flexibility index (Phi) is 5.45. The molecule has 2 atom stereocenters. The molecule has 1 heterocycles. The summed E-state index contributed by atoms with van der Waals surface area (Å²) in [6.07, 6.45) is 3.55. The fourth-order valence-corrected chi connectivity index (χ4v) is 4.94. The van der Waals surface area contributed by atoms with Gasteiger partial charge in [-0.05, 0) is 48.9 Å². The first kappa shape index (κ1) is 20.7. The third-order valence-electron chi connectivity index (χ3n) is 6.76. The van der Waals surface area contributed by atoms with Gasteiger partial charge in [0.1, 0.15) is 17.2 Å². The topological polar surface area (TPSA) is 75.8 Å². The van der Waals surface area contributed by atoms with Crippen LogP contribution < -0.4 is 15.4 Å². The van der Waals surface area contributed by atoms with Crippen LogP contribution in [0.25, 0.3) is 0 Å².